The fraction of sp³-hybridized carbons (Fsp3) is 0.462. The Labute approximate surface area is 119 Å². The van der Waals surface area contributed by atoms with E-state index in [1.807, 2.05) is 13.8 Å². The van der Waals surface area contributed by atoms with Gasteiger partial charge in [0.1, 0.15) is 0 Å². The zero-order valence-electron chi connectivity index (χ0n) is 12.1. The smallest absolute Gasteiger partial charge is 0.252 e. The van der Waals surface area contributed by atoms with Gasteiger partial charge in [0.25, 0.3) is 5.91 Å². The lowest BCUT2D eigenvalue weighted by Gasteiger charge is -2.16. The van der Waals surface area contributed by atoms with Crippen LogP contribution in [0.4, 0.5) is 5.69 Å². The van der Waals surface area contributed by atoms with Gasteiger partial charge in [0, 0.05) is 0 Å². The molecule has 20 heavy (non-hydrogen) atoms. The number of benzene rings is 1. The number of nitrogens with two attached hydrogens (primary N) is 1. The number of primary amides is 1. The van der Waals surface area contributed by atoms with Gasteiger partial charge in [-0.15, -0.1) is 0 Å². The Morgan fingerprint density at radius 1 is 1.40 bits per heavy atom. The van der Waals surface area contributed by atoms with E-state index in [0.29, 0.717) is 12.3 Å². The van der Waals surface area contributed by atoms with Gasteiger partial charge in [-0.3, -0.25) is 9.52 Å². The van der Waals surface area contributed by atoms with E-state index < -0.39 is 15.9 Å². The van der Waals surface area contributed by atoms with Crippen molar-refractivity contribution in [1.29, 1.82) is 0 Å². The number of carbonyl (C=O) groups is 1. The van der Waals surface area contributed by atoms with Crippen molar-refractivity contribution in [1.82, 2.24) is 0 Å². The van der Waals surface area contributed by atoms with Crippen molar-refractivity contribution in [3.8, 4) is 5.75 Å². The standard InChI is InChI=1S/C13H20N2O4S/c1-8(2)5-9-6-10(13(14)16)12(19-3)11(7-9)15-20(4,17)18/h6-8,15H,5H2,1-4H3,(H2,14,16). The minimum Gasteiger partial charge on any atom is -0.494 e. The SMILES string of the molecule is COc1c(NS(C)(=O)=O)cc(CC(C)C)cc1C(N)=O. The molecule has 7 heteroatoms. The molecule has 3 N–H and O–H groups in total. The monoisotopic (exact) mass is 300 g/mol. The Morgan fingerprint density at radius 2 is 2.00 bits per heavy atom. The number of amides is 1. The minimum atomic E-state index is -3.48. The quantitative estimate of drug-likeness (QED) is 0.828. The summed E-state index contributed by atoms with van der Waals surface area (Å²) in [5.41, 5.74) is 6.53. The number of hydrogen-bond donors (Lipinski definition) is 2. The highest BCUT2D eigenvalue weighted by Gasteiger charge is 2.18. The highest BCUT2D eigenvalue weighted by molar-refractivity contribution is 7.92. The van der Waals surface area contributed by atoms with Crippen LogP contribution in [0.1, 0.15) is 29.8 Å². The fourth-order valence-electron chi connectivity index (χ4n) is 1.96. The molecule has 0 atom stereocenters. The molecule has 0 aromatic heterocycles. The molecule has 0 bridgehead atoms. The summed E-state index contributed by atoms with van der Waals surface area (Å²) < 4.78 is 30.3. The second-order valence-electron chi connectivity index (χ2n) is 5.06. The predicted molar refractivity (Wildman–Crippen MR) is 78.5 cm³/mol. The lowest BCUT2D eigenvalue weighted by Crippen LogP contribution is -2.17. The molecular weight excluding hydrogens is 280 g/mol. The maximum atomic E-state index is 11.5. The van der Waals surface area contributed by atoms with Crippen molar-refractivity contribution in [2.24, 2.45) is 11.7 Å². The molecule has 0 aliphatic heterocycles. The van der Waals surface area contributed by atoms with Crippen molar-refractivity contribution in [3.63, 3.8) is 0 Å². The van der Waals surface area contributed by atoms with Crippen LogP contribution in [0.3, 0.4) is 0 Å². The van der Waals surface area contributed by atoms with E-state index in [1.54, 1.807) is 12.1 Å². The van der Waals surface area contributed by atoms with Gasteiger partial charge in [-0.05, 0) is 30.0 Å². The normalized spacial score (nSPS) is 11.4. The lowest BCUT2D eigenvalue weighted by molar-refractivity contribution is 0.0997. The topological polar surface area (TPSA) is 98.5 Å². The summed E-state index contributed by atoms with van der Waals surface area (Å²) in [6.45, 7) is 4.05. The zero-order chi connectivity index (χ0) is 15.5. The van der Waals surface area contributed by atoms with Crippen LogP contribution in [0.25, 0.3) is 0 Å². The molecule has 6 nitrogen and oxygen atoms in total. The summed E-state index contributed by atoms with van der Waals surface area (Å²) in [4.78, 5) is 11.5. The third kappa shape index (κ3) is 4.41. The van der Waals surface area contributed by atoms with Gasteiger partial charge in [-0.2, -0.15) is 0 Å². The van der Waals surface area contributed by atoms with E-state index in [4.69, 9.17) is 10.5 Å². The molecule has 0 fully saturated rings. The molecule has 0 saturated carbocycles. The van der Waals surface area contributed by atoms with E-state index in [9.17, 15) is 13.2 Å². The number of methoxy groups -OCH3 is 1. The van der Waals surface area contributed by atoms with Gasteiger partial charge in [-0.25, -0.2) is 8.42 Å². The van der Waals surface area contributed by atoms with E-state index in [1.165, 1.54) is 7.11 Å². The van der Waals surface area contributed by atoms with Gasteiger partial charge in [0.2, 0.25) is 10.0 Å². The average Bonchev–Trinajstić information content (AvgIpc) is 2.25. The Morgan fingerprint density at radius 3 is 2.40 bits per heavy atom. The molecule has 0 aliphatic carbocycles. The van der Waals surface area contributed by atoms with Crippen LogP contribution in [0.15, 0.2) is 12.1 Å². The number of carbonyl (C=O) groups excluding carboxylic acids is 1. The van der Waals surface area contributed by atoms with Crippen molar-refractivity contribution in [2.45, 2.75) is 20.3 Å². The molecule has 1 aromatic carbocycles. The average molecular weight is 300 g/mol. The second-order valence-corrected chi connectivity index (χ2v) is 6.81. The molecule has 0 radical (unpaired) electrons. The number of hydrogen-bond acceptors (Lipinski definition) is 4. The molecule has 1 rings (SSSR count). The number of rotatable bonds is 6. The Kier molecular flexibility index (Phi) is 4.99. The molecule has 0 unspecified atom stereocenters. The van der Waals surface area contributed by atoms with Gasteiger partial charge < -0.3 is 10.5 Å². The third-order valence-electron chi connectivity index (χ3n) is 2.56. The molecule has 0 spiro atoms. The van der Waals surface area contributed by atoms with E-state index >= 15 is 0 Å². The predicted octanol–water partition coefficient (Wildman–Crippen LogP) is 1.36. The fourth-order valence-corrected chi connectivity index (χ4v) is 2.51. The summed E-state index contributed by atoms with van der Waals surface area (Å²) >= 11 is 0. The molecular formula is C13H20N2O4S. The van der Waals surface area contributed by atoms with Crippen molar-refractivity contribution in [2.75, 3.05) is 18.1 Å². The van der Waals surface area contributed by atoms with Crippen LogP contribution in [0, 0.1) is 5.92 Å². The number of ether oxygens (including phenoxy) is 1. The summed E-state index contributed by atoms with van der Waals surface area (Å²) in [5, 5.41) is 0. The largest absolute Gasteiger partial charge is 0.494 e. The zero-order valence-corrected chi connectivity index (χ0v) is 12.9. The second kappa shape index (κ2) is 6.13. The maximum Gasteiger partial charge on any atom is 0.252 e. The highest BCUT2D eigenvalue weighted by Crippen LogP contribution is 2.32. The van der Waals surface area contributed by atoms with Gasteiger partial charge in [0.05, 0.1) is 24.6 Å². The summed E-state index contributed by atoms with van der Waals surface area (Å²) in [5.74, 6) is -0.172. The maximum absolute atomic E-state index is 11.5. The van der Waals surface area contributed by atoms with Crippen LogP contribution < -0.4 is 15.2 Å². The summed E-state index contributed by atoms with van der Waals surface area (Å²) in [6, 6.07) is 3.29. The van der Waals surface area contributed by atoms with E-state index in [-0.39, 0.29) is 17.0 Å². The first kappa shape index (κ1) is 16.3. The number of anilines is 1. The molecule has 112 valence electrons. The van der Waals surface area contributed by atoms with Crippen LogP contribution >= 0.6 is 0 Å². The molecule has 0 heterocycles. The lowest BCUT2D eigenvalue weighted by atomic mass is 9.99. The first-order valence-corrected chi connectivity index (χ1v) is 8.01. The summed E-state index contributed by atoms with van der Waals surface area (Å²) in [7, 11) is -2.12. The molecule has 1 amide bonds. The Bertz CT molecular complexity index is 609. The Hall–Kier alpha value is -1.76. The molecule has 1 aromatic rings. The van der Waals surface area contributed by atoms with Crippen LogP contribution in [-0.2, 0) is 16.4 Å². The molecule has 0 saturated heterocycles. The molecule has 0 aliphatic rings. The van der Waals surface area contributed by atoms with Crippen molar-refractivity contribution >= 4 is 21.6 Å². The van der Waals surface area contributed by atoms with Crippen molar-refractivity contribution < 1.29 is 17.9 Å². The highest BCUT2D eigenvalue weighted by atomic mass is 32.2. The summed E-state index contributed by atoms with van der Waals surface area (Å²) in [6.07, 6.45) is 1.73. The Balaban J connectivity index is 3.44. The third-order valence-corrected chi connectivity index (χ3v) is 3.15. The van der Waals surface area contributed by atoms with E-state index in [0.717, 1.165) is 11.8 Å². The number of sulfonamides is 1. The van der Waals surface area contributed by atoms with Gasteiger partial charge in [-0.1, -0.05) is 13.8 Å². The first-order chi connectivity index (χ1) is 9.14. The van der Waals surface area contributed by atoms with E-state index in [2.05, 4.69) is 4.72 Å². The van der Waals surface area contributed by atoms with Crippen LogP contribution in [0.5, 0.6) is 5.75 Å². The minimum absolute atomic E-state index is 0.135. The van der Waals surface area contributed by atoms with Crippen molar-refractivity contribution in [3.05, 3.63) is 23.3 Å². The first-order valence-electron chi connectivity index (χ1n) is 6.12. The van der Waals surface area contributed by atoms with Crippen LogP contribution in [0.2, 0.25) is 0 Å². The van der Waals surface area contributed by atoms with Gasteiger partial charge in [0.15, 0.2) is 5.75 Å². The van der Waals surface area contributed by atoms with Crippen LogP contribution in [-0.4, -0.2) is 27.7 Å². The number of nitrogens with one attached hydrogen (secondary N) is 1. The van der Waals surface area contributed by atoms with Gasteiger partial charge >= 0.3 is 0 Å².